The van der Waals surface area contributed by atoms with Gasteiger partial charge in [0.25, 0.3) is 5.91 Å². The Bertz CT molecular complexity index is 1410. The second-order valence-electron chi connectivity index (χ2n) is 21.4. The van der Waals surface area contributed by atoms with Crippen molar-refractivity contribution in [3.63, 3.8) is 0 Å². The van der Waals surface area contributed by atoms with E-state index in [0.717, 1.165) is 64.7 Å². The Labute approximate surface area is 314 Å². The summed E-state index contributed by atoms with van der Waals surface area (Å²) in [6.07, 6.45) is 8.02. The number of rotatable bonds is 14. The van der Waals surface area contributed by atoms with Crippen molar-refractivity contribution in [3.8, 4) is 0 Å². The van der Waals surface area contributed by atoms with Crippen molar-refractivity contribution in [2.75, 3.05) is 39.8 Å². The maximum absolute atomic E-state index is 15.0. The smallest absolute Gasteiger partial charge is 0.285 e. The van der Waals surface area contributed by atoms with Crippen LogP contribution in [0.4, 0.5) is 0 Å². The monoisotopic (exact) mass is 725 g/mol. The number of hydrogen-bond donors (Lipinski definition) is 1. The predicted molar refractivity (Wildman–Crippen MR) is 205 cm³/mol. The van der Waals surface area contributed by atoms with Crippen LogP contribution in [0.3, 0.4) is 0 Å². The van der Waals surface area contributed by atoms with Crippen molar-refractivity contribution in [1.82, 2.24) is 14.7 Å². The number of fused-ring (bicyclic) bond motifs is 1. The number of ketones is 3. The Morgan fingerprint density at radius 1 is 0.808 bits per heavy atom. The summed E-state index contributed by atoms with van der Waals surface area (Å²) in [6, 6.07) is -0.668. The number of nitrogens with two attached hydrogens (primary N) is 1. The summed E-state index contributed by atoms with van der Waals surface area (Å²) < 4.78 is 0. The molecule has 2 N–H and O–H groups in total. The van der Waals surface area contributed by atoms with Gasteiger partial charge in [-0.3, -0.25) is 28.9 Å². The molecule has 2 amide bonds. The zero-order chi connectivity index (χ0) is 38.8. The van der Waals surface area contributed by atoms with Gasteiger partial charge in [0.2, 0.25) is 11.7 Å². The number of piperazine rings is 1. The molecule has 0 aromatic carbocycles. The number of carbonyl (C=O) groups excluding carboxylic acids is 5. The molecule has 52 heavy (non-hydrogen) atoms. The Morgan fingerprint density at radius 3 is 1.90 bits per heavy atom. The Morgan fingerprint density at radius 2 is 1.44 bits per heavy atom. The first kappa shape index (κ1) is 41.0. The van der Waals surface area contributed by atoms with E-state index in [4.69, 9.17) is 5.73 Å². The van der Waals surface area contributed by atoms with Gasteiger partial charge >= 0.3 is 0 Å². The van der Waals surface area contributed by atoms with Gasteiger partial charge in [-0.05, 0) is 80.1 Å². The van der Waals surface area contributed by atoms with Gasteiger partial charge in [-0.15, -0.1) is 0 Å². The average molecular weight is 725 g/mol. The summed E-state index contributed by atoms with van der Waals surface area (Å²) in [7, 11) is 2.17. The van der Waals surface area contributed by atoms with E-state index in [2.05, 4.69) is 65.3 Å². The molecule has 2 heterocycles. The van der Waals surface area contributed by atoms with Crippen LogP contribution < -0.4 is 5.73 Å². The molecule has 3 aliphatic carbocycles. The quantitative estimate of drug-likeness (QED) is 0.209. The van der Waals surface area contributed by atoms with Crippen LogP contribution in [0.5, 0.6) is 0 Å². The molecule has 9 heteroatoms. The fourth-order valence-electron chi connectivity index (χ4n) is 11.3. The third kappa shape index (κ3) is 7.44. The molecule has 5 atom stereocenters. The Balaban J connectivity index is 1.38. The van der Waals surface area contributed by atoms with E-state index in [1.807, 2.05) is 25.7 Å². The first-order chi connectivity index (χ1) is 23.9. The molecule has 5 fully saturated rings. The molecular weight excluding hydrogens is 652 g/mol. The molecule has 0 bridgehead atoms. The Kier molecular flexibility index (Phi) is 11.2. The molecule has 0 aromatic heterocycles. The summed E-state index contributed by atoms with van der Waals surface area (Å²) in [5, 5.41) is 0. The second-order valence-corrected chi connectivity index (χ2v) is 21.4. The van der Waals surface area contributed by atoms with Gasteiger partial charge in [-0.25, -0.2) is 0 Å². The van der Waals surface area contributed by atoms with Gasteiger partial charge in [-0.2, -0.15) is 0 Å². The lowest BCUT2D eigenvalue weighted by Crippen LogP contribution is -2.59. The van der Waals surface area contributed by atoms with Crippen LogP contribution in [-0.2, 0) is 24.0 Å². The Hall–Kier alpha value is -2.13. The number of likely N-dealkylation sites (tertiary alicyclic amines) is 1. The highest BCUT2D eigenvalue weighted by Gasteiger charge is 2.85. The van der Waals surface area contributed by atoms with E-state index in [-0.39, 0.29) is 63.4 Å². The first-order valence-electron chi connectivity index (χ1n) is 20.5. The third-order valence-corrected chi connectivity index (χ3v) is 15.5. The van der Waals surface area contributed by atoms with Crippen molar-refractivity contribution in [3.05, 3.63) is 0 Å². The molecule has 5 aliphatic rings. The standard InChI is InChI=1S/C43H72N4O5/c1-38(2,3)30(25-46-19-18-45(11)26-40(46,7)8)22-31(48)23-32(39(4,5)6)37(52)47-27-43(41(9,10)42(43)16-13-17-42)24-33(47)34(49)21-29(35(50)36(44)51)20-28-14-12-15-28/h28-30,32-33H,12-27H2,1-11H3,(H2,44,51)/t29?,30-,32-,33+,43-/m1/s1. The summed E-state index contributed by atoms with van der Waals surface area (Å²) in [4.78, 5) is 75.6. The summed E-state index contributed by atoms with van der Waals surface area (Å²) in [5.74, 6) is -2.67. The summed E-state index contributed by atoms with van der Waals surface area (Å²) in [5.41, 5.74) is 4.84. The maximum atomic E-state index is 15.0. The molecule has 2 spiro atoms. The molecule has 0 aromatic rings. The predicted octanol–water partition coefficient (Wildman–Crippen LogP) is 6.30. The molecule has 9 nitrogen and oxygen atoms in total. The molecule has 1 unspecified atom stereocenters. The van der Waals surface area contributed by atoms with Crippen LogP contribution in [0.2, 0.25) is 0 Å². The molecule has 2 aliphatic heterocycles. The van der Waals surface area contributed by atoms with E-state index >= 15 is 4.79 Å². The largest absolute Gasteiger partial charge is 0.363 e. The lowest BCUT2D eigenvalue weighted by molar-refractivity contribution is -0.147. The molecule has 294 valence electrons. The van der Waals surface area contributed by atoms with E-state index in [9.17, 15) is 19.2 Å². The van der Waals surface area contributed by atoms with Crippen molar-refractivity contribution in [2.45, 2.75) is 151 Å². The minimum atomic E-state index is -0.985. The normalized spacial score (nSPS) is 28.9. The van der Waals surface area contributed by atoms with Crippen LogP contribution in [0, 0.1) is 50.7 Å². The van der Waals surface area contributed by atoms with E-state index < -0.39 is 35.0 Å². The number of amides is 2. The fourth-order valence-corrected chi connectivity index (χ4v) is 11.3. The zero-order valence-electron chi connectivity index (χ0n) is 34.7. The number of nitrogens with zero attached hydrogens (tertiary/aromatic N) is 3. The number of hydrogen-bond acceptors (Lipinski definition) is 7. The lowest BCUT2D eigenvalue weighted by Gasteiger charge is -2.49. The van der Waals surface area contributed by atoms with Crippen LogP contribution in [0.25, 0.3) is 0 Å². The minimum Gasteiger partial charge on any atom is -0.363 e. The number of Topliss-reactive ketones (excluding diaryl/α,β-unsaturated/α-hetero) is 3. The van der Waals surface area contributed by atoms with Crippen LogP contribution in [-0.4, -0.2) is 95.2 Å². The van der Waals surface area contributed by atoms with E-state index in [1.54, 1.807) is 0 Å². The van der Waals surface area contributed by atoms with Crippen LogP contribution >= 0.6 is 0 Å². The van der Waals surface area contributed by atoms with Gasteiger partial charge < -0.3 is 15.5 Å². The minimum absolute atomic E-state index is 0.00402. The molecule has 2 saturated heterocycles. The second kappa shape index (κ2) is 14.2. The van der Waals surface area contributed by atoms with Crippen molar-refractivity contribution >= 4 is 29.2 Å². The highest BCUT2D eigenvalue weighted by atomic mass is 16.2. The van der Waals surface area contributed by atoms with Crippen molar-refractivity contribution < 1.29 is 24.0 Å². The first-order valence-corrected chi connectivity index (χ1v) is 20.5. The van der Waals surface area contributed by atoms with Crippen molar-refractivity contribution in [2.24, 2.45) is 56.5 Å². The lowest BCUT2D eigenvalue weighted by atomic mass is 9.73. The van der Waals surface area contributed by atoms with Gasteiger partial charge in [-0.1, -0.05) is 81.1 Å². The van der Waals surface area contributed by atoms with Gasteiger partial charge in [0.05, 0.1) is 6.04 Å². The van der Waals surface area contributed by atoms with Gasteiger partial charge in [0.1, 0.15) is 5.78 Å². The average Bonchev–Trinajstić information content (AvgIpc) is 3.19. The SMILES string of the molecule is CN1CCN(C[C@@H](CC(=O)C[C@H](C(=O)N2C[C@]3(C[C@H]2C(=O)CC(CC2CCC2)C(=O)C(N)=O)C(C)(C)C32CCC2)C(C)(C)C)C(C)(C)C)C(C)(C)C1. The number of likely N-dealkylation sites (N-methyl/N-ethyl adjacent to an activating group) is 1. The molecule has 5 rings (SSSR count). The van der Waals surface area contributed by atoms with Gasteiger partial charge in [0.15, 0.2) is 5.78 Å². The topological polar surface area (TPSA) is 121 Å². The number of carbonyl (C=O) groups is 5. The molecular formula is C43H72N4O5. The highest BCUT2D eigenvalue weighted by molar-refractivity contribution is 6.36. The molecule has 3 saturated carbocycles. The summed E-state index contributed by atoms with van der Waals surface area (Å²) >= 11 is 0. The maximum Gasteiger partial charge on any atom is 0.285 e. The summed E-state index contributed by atoms with van der Waals surface area (Å²) in [6.45, 7) is 26.2. The van der Waals surface area contributed by atoms with Crippen molar-refractivity contribution in [1.29, 1.82) is 0 Å². The van der Waals surface area contributed by atoms with Crippen LogP contribution in [0.1, 0.15) is 140 Å². The van der Waals surface area contributed by atoms with E-state index in [1.165, 1.54) is 0 Å². The fraction of sp³-hybridized carbons (Fsp3) is 0.884. The number of primary amides is 1. The molecule has 0 radical (unpaired) electrons. The third-order valence-electron chi connectivity index (χ3n) is 15.5. The zero-order valence-corrected chi connectivity index (χ0v) is 34.7. The van der Waals surface area contributed by atoms with E-state index in [0.29, 0.717) is 31.7 Å². The van der Waals surface area contributed by atoms with Crippen LogP contribution in [0.15, 0.2) is 0 Å². The highest BCUT2D eigenvalue weighted by Crippen LogP contribution is 2.88. The van der Waals surface area contributed by atoms with Gasteiger partial charge in [0, 0.05) is 74.8 Å².